The lowest BCUT2D eigenvalue weighted by Gasteiger charge is -2.08. The average molecular weight is 475 g/mol. The molecule has 1 aromatic carbocycles. The summed E-state index contributed by atoms with van der Waals surface area (Å²) in [6, 6.07) is 12.5. The Bertz CT molecular complexity index is 1500. The van der Waals surface area contributed by atoms with Crippen LogP contribution in [0.2, 0.25) is 0 Å². The number of rotatable bonds is 6. The number of anilines is 1. The summed E-state index contributed by atoms with van der Waals surface area (Å²) >= 11 is 1.66. The molecule has 5 rings (SSSR count). The largest absolute Gasteiger partial charge is 0.321 e. The first-order valence-electron chi connectivity index (χ1n) is 10.8. The summed E-state index contributed by atoms with van der Waals surface area (Å²) < 4.78 is 17.0. The number of nitrogens with zero attached hydrogens (tertiary/aromatic N) is 5. The summed E-state index contributed by atoms with van der Waals surface area (Å²) in [7, 11) is 0. The maximum Gasteiger partial charge on any atom is 0.246 e. The first-order chi connectivity index (χ1) is 16.4. The molecule has 1 N–H and O–H groups in total. The molecule has 0 atom stereocenters. The van der Waals surface area contributed by atoms with Crippen molar-refractivity contribution >= 4 is 34.0 Å². The van der Waals surface area contributed by atoms with Crippen molar-refractivity contribution in [2.75, 3.05) is 5.32 Å². The van der Waals surface area contributed by atoms with Crippen LogP contribution >= 0.6 is 11.3 Å². The highest BCUT2D eigenvalue weighted by molar-refractivity contribution is 7.13. The number of pyridine rings is 1. The van der Waals surface area contributed by atoms with Crippen molar-refractivity contribution in [2.45, 2.75) is 33.9 Å². The summed E-state index contributed by atoms with van der Waals surface area (Å²) in [5.74, 6) is -0.505. The van der Waals surface area contributed by atoms with Crippen LogP contribution in [0.1, 0.15) is 22.6 Å². The van der Waals surface area contributed by atoms with Crippen molar-refractivity contribution in [1.29, 1.82) is 0 Å². The van der Waals surface area contributed by atoms with Gasteiger partial charge in [-0.15, -0.1) is 11.3 Å². The van der Waals surface area contributed by atoms with Crippen molar-refractivity contribution in [3.05, 3.63) is 82.5 Å². The Morgan fingerprint density at radius 1 is 1.06 bits per heavy atom. The predicted molar refractivity (Wildman–Crippen MR) is 131 cm³/mol. The van der Waals surface area contributed by atoms with Crippen LogP contribution in [0.5, 0.6) is 0 Å². The third-order valence-electron chi connectivity index (χ3n) is 5.76. The molecule has 0 unspecified atom stereocenters. The van der Waals surface area contributed by atoms with Gasteiger partial charge in [0.1, 0.15) is 12.4 Å². The number of thiophene rings is 1. The Hall–Kier alpha value is -3.85. The molecule has 0 aliphatic heterocycles. The topological polar surface area (TPSA) is 77.6 Å². The van der Waals surface area contributed by atoms with Crippen molar-refractivity contribution in [2.24, 2.45) is 0 Å². The molecule has 0 bridgehead atoms. The van der Waals surface area contributed by atoms with Gasteiger partial charge in [0.05, 0.1) is 34.7 Å². The van der Waals surface area contributed by atoms with E-state index in [-0.39, 0.29) is 18.3 Å². The van der Waals surface area contributed by atoms with Crippen LogP contribution in [-0.2, 0) is 17.9 Å². The van der Waals surface area contributed by atoms with Crippen LogP contribution in [-0.4, -0.2) is 30.5 Å². The normalized spacial score (nSPS) is 11.3. The molecule has 0 saturated carbocycles. The lowest BCUT2D eigenvalue weighted by Crippen LogP contribution is -2.20. The van der Waals surface area contributed by atoms with Crippen LogP contribution < -0.4 is 5.32 Å². The number of benzene rings is 1. The summed E-state index contributed by atoms with van der Waals surface area (Å²) in [5, 5.41) is 15.1. The van der Waals surface area contributed by atoms with Gasteiger partial charge in [0.2, 0.25) is 5.91 Å². The SMILES string of the molecule is Cc1nn(Cc2cccc(F)c2)c(C)c1NC(=O)Cn1nc(C)c2c(-c3cccs3)ccnc21. The Kier molecular flexibility index (Phi) is 5.70. The zero-order valence-electron chi connectivity index (χ0n) is 19.0. The summed E-state index contributed by atoms with van der Waals surface area (Å²) in [6.45, 7) is 6.10. The van der Waals surface area contributed by atoms with Gasteiger partial charge in [0, 0.05) is 16.6 Å². The van der Waals surface area contributed by atoms with Crippen LogP contribution in [0.25, 0.3) is 21.5 Å². The molecule has 1 amide bonds. The van der Waals surface area contributed by atoms with Gasteiger partial charge in [-0.25, -0.2) is 14.1 Å². The fraction of sp³-hybridized carbons (Fsp3) is 0.200. The molecule has 4 aromatic heterocycles. The minimum absolute atomic E-state index is 0.0270. The van der Waals surface area contributed by atoms with E-state index in [2.05, 4.69) is 26.6 Å². The second-order valence-electron chi connectivity index (χ2n) is 8.16. The van der Waals surface area contributed by atoms with Gasteiger partial charge in [-0.05, 0) is 56.0 Å². The Morgan fingerprint density at radius 3 is 2.65 bits per heavy atom. The fourth-order valence-electron chi connectivity index (χ4n) is 4.18. The molecule has 7 nitrogen and oxygen atoms in total. The van der Waals surface area contributed by atoms with Gasteiger partial charge in [0.25, 0.3) is 0 Å². The molecule has 0 radical (unpaired) electrons. The Labute approximate surface area is 199 Å². The molecular weight excluding hydrogens is 451 g/mol. The third-order valence-corrected chi connectivity index (χ3v) is 6.66. The average Bonchev–Trinajstić information content (AvgIpc) is 3.51. The molecule has 5 aromatic rings. The minimum Gasteiger partial charge on any atom is -0.321 e. The van der Waals surface area contributed by atoms with Gasteiger partial charge in [-0.3, -0.25) is 9.48 Å². The molecule has 0 aliphatic rings. The lowest BCUT2D eigenvalue weighted by molar-refractivity contribution is -0.116. The van der Waals surface area contributed by atoms with E-state index in [1.807, 2.05) is 44.4 Å². The van der Waals surface area contributed by atoms with E-state index >= 15 is 0 Å². The molecule has 9 heteroatoms. The Balaban J connectivity index is 1.38. The number of nitrogens with one attached hydrogen (secondary N) is 1. The molecular formula is C25H23FN6OS. The summed E-state index contributed by atoms with van der Waals surface area (Å²) in [4.78, 5) is 18.6. The fourth-order valence-corrected chi connectivity index (χ4v) is 4.94. The van der Waals surface area contributed by atoms with Crippen LogP contribution in [0.3, 0.4) is 0 Å². The van der Waals surface area contributed by atoms with Crippen molar-refractivity contribution in [3.8, 4) is 10.4 Å². The van der Waals surface area contributed by atoms with Crippen LogP contribution in [0.4, 0.5) is 10.1 Å². The quantitative estimate of drug-likeness (QED) is 0.371. The van der Waals surface area contributed by atoms with E-state index in [0.29, 0.717) is 23.6 Å². The summed E-state index contributed by atoms with van der Waals surface area (Å²) in [6.07, 6.45) is 1.75. The number of fused-ring (bicyclic) bond motifs is 1. The highest BCUT2D eigenvalue weighted by atomic mass is 32.1. The van der Waals surface area contributed by atoms with E-state index in [9.17, 15) is 9.18 Å². The highest BCUT2D eigenvalue weighted by Gasteiger charge is 2.19. The van der Waals surface area contributed by atoms with Gasteiger partial charge in [-0.2, -0.15) is 10.2 Å². The van der Waals surface area contributed by atoms with Gasteiger partial charge >= 0.3 is 0 Å². The monoisotopic (exact) mass is 474 g/mol. The zero-order chi connectivity index (χ0) is 23.8. The van der Waals surface area contributed by atoms with E-state index in [1.165, 1.54) is 12.1 Å². The smallest absolute Gasteiger partial charge is 0.246 e. The second kappa shape index (κ2) is 8.83. The first kappa shape index (κ1) is 22.0. The molecule has 0 aliphatic carbocycles. The van der Waals surface area contributed by atoms with Gasteiger partial charge in [0.15, 0.2) is 5.65 Å². The standard InChI is InChI=1S/C25H23FN6OS/c1-15-23-20(21-8-5-11-34-21)9-10-27-25(23)32(29-15)14-22(33)28-24-16(2)30-31(17(24)3)13-18-6-4-7-19(26)12-18/h4-12H,13-14H2,1-3H3,(H,28,33). The van der Waals surface area contributed by atoms with Crippen molar-refractivity contribution < 1.29 is 9.18 Å². The maximum atomic E-state index is 13.6. The molecule has 0 spiro atoms. The minimum atomic E-state index is -0.287. The summed E-state index contributed by atoms with van der Waals surface area (Å²) in [5.41, 5.74) is 5.52. The van der Waals surface area contributed by atoms with Crippen molar-refractivity contribution in [3.63, 3.8) is 0 Å². The maximum absolute atomic E-state index is 13.6. The number of halogens is 1. The molecule has 0 fully saturated rings. The number of aromatic nitrogens is 5. The number of hydrogen-bond donors (Lipinski definition) is 1. The number of carbonyl (C=O) groups is 1. The van der Waals surface area contributed by atoms with E-state index in [0.717, 1.165) is 32.8 Å². The van der Waals surface area contributed by atoms with Crippen LogP contribution in [0.15, 0.2) is 54.0 Å². The predicted octanol–water partition coefficient (Wildman–Crippen LogP) is 5.11. The van der Waals surface area contributed by atoms with E-state index in [4.69, 9.17) is 0 Å². The number of hydrogen-bond acceptors (Lipinski definition) is 5. The van der Waals surface area contributed by atoms with Crippen LogP contribution in [0, 0.1) is 26.6 Å². The molecule has 34 heavy (non-hydrogen) atoms. The molecule has 4 heterocycles. The number of aryl methyl sites for hydroxylation is 2. The van der Waals surface area contributed by atoms with Gasteiger partial charge < -0.3 is 5.32 Å². The molecule has 0 saturated heterocycles. The zero-order valence-corrected chi connectivity index (χ0v) is 19.9. The lowest BCUT2D eigenvalue weighted by atomic mass is 10.1. The molecule has 172 valence electrons. The second-order valence-corrected chi connectivity index (χ2v) is 9.11. The highest BCUT2D eigenvalue weighted by Crippen LogP contribution is 2.32. The van der Waals surface area contributed by atoms with E-state index in [1.54, 1.807) is 33.0 Å². The van der Waals surface area contributed by atoms with E-state index < -0.39 is 0 Å². The number of amides is 1. The Morgan fingerprint density at radius 2 is 1.88 bits per heavy atom. The number of carbonyl (C=O) groups excluding carboxylic acids is 1. The first-order valence-corrected chi connectivity index (χ1v) is 11.7. The third kappa shape index (κ3) is 4.10. The van der Waals surface area contributed by atoms with Crippen molar-refractivity contribution in [1.82, 2.24) is 24.5 Å². The van der Waals surface area contributed by atoms with Gasteiger partial charge in [-0.1, -0.05) is 18.2 Å².